The third-order valence-corrected chi connectivity index (χ3v) is 3.50. The van der Waals surface area contributed by atoms with Crippen LogP contribution in [0.4, 0.5) is 24.5 Å². The molecule has 0 bridgehead atoms. The van der Waals surface area contributed by atoms with Crippen molar-refractivity contribution in [3.63, 3.8) is 0 Å². The van der Waals surface area contributed by atoms with Gasteiger partial charge in [0.1, 0.15) is 17.5 Å². The second kappa shape index (κ2) is 5.75. The van der Waals surface area contributed by atoms with E-state index in [9.17, 15) is 22.8 Å². The fourth-order valence-corrected chi connectivity index (χ4v) is 2.53. The minimum Gasteiger partial charge on any atom is -0.326 e. The van der Waals surface area contributed by atoms with Crippen molar-refractivity contribution in [2.45, 2.75) is 12.3 Å². The highest BCUT2D eigenvalue weighted by molar-refractivity contribution is 6.05. The van der Waals surface area contributed by atoms with Crippen molar-refractivity contribution in [3.8, 4) is 0 Å². The molecule has 118 valence electrons. The maximum absolute atomic E-state index is 13.3. The minimum atomic E-state index is -0.870. The average Bonchev–Trinajstić information content (AvgIpc) is 2.44. The number of hydrogen-bond donors (Lipinski definition) is 2. The summed E-state index contributed by atoms with van der Waals surface area (Å²) in [6, 6.07) is 6.32. The number of amides is 2. The van der Waals surface area contributed by atoms with Crippen LogP contribution in [0, 0.1) is 17.5 Å². The number of nitrogens with one attached hydrogen (secondary N) is 2. The molecule has 2 aromatic rings. The van der Waals surface area contributed by atoms with Crippen LogP contribution in [0.3, 0.4) is 0 Å². The van der Waals surface area contributed by atoms with E-state index in [0.717, 1.165) is 18.2 Å². The van der Waals surface area contributed by atoms with Gasteiger partial charge in [-0.2, -0.15) is 0 Å². The number of carbonyl (C=O) groups excluding carboxylic acids is 2. The van der Waals surface area contributed by atoms with Crippen molar-refractivity contribution < 1.29 is 22.8 Å². The number of halogens is 3. The fraction of sp³-hybridized carbons (Fsp3) is 0.125. The Morgan fingerprint density at radius 1 is 1.04 bits per heavy atom. The van der Waals surface area contributed by atoms with Gasteiger partial charge in [-0.3, -0.25) is 9.59 Å². The SMILES string of the molecule is O=C1C[C@@H](C(=O)Nc2cc(F)cc(F)c2)c2ccc(F)cc2N1. The predicted octanol–water partition coefficient (Wildman–Crippen LogP) is 3.17. The first-order chi connectivity index (χ1) is 10.9. The standard InChI is InChI=1S/C16H11F3N2O2/c17-8-1-2-12-13(7-15(22)21-14(12)6-8)16(23)20-11-4-9(18)3-10(19)5-11/h1-6,13H,7H2,(H,20,23)(H,21,22)/t13-/m1/s1. The molecule has 2 aromatic carbocycles. The third kappa shape index (κ3) is 3.18. The second-order valence-corrected chi connectivity index (χ2v) is 5.18. The first-order valence-corrected chi connectivity index (χ1v) is 6.78. The molecule has 0 aromatic heterocycles. The molecule has 1 atom stereocenters. The van der Waals surface area contributed by atoms with Gasteiger partial charge in [0.2, 0.25) is 11.8 Å². The lowest BCUT2D eigenvalue weighted by Crippen LogP contribution is -2.30. The van der Waals surface area contributed by atoms with Crippen LogP contribution in [0.15, 0.2) is 36.4 Å². The normalized spacial score (nSPS) is 16.5. The minimum absolute atomic E-state index is 0.0536. The molecule has 2 N–H and O–H groups in total. The van der Waals surface area contributed by atoms with Gasteiger partial charge in [-0.25, -0.2) is 13.2 Å². The first-order valence-electron chi connectivity index (χ1n) is 6.78. The quantitative estimate of drug-likeness (QED) is 0.893. The van der Waals surface area contributed by atoms with Crippen LogP contribution in [-0.2, 0) is 9.59 Å². The van der Waals surface area contributed by atoms with Gasteiger partial charge in [-0.1, -0.05) is 6.07 Å². The van der Waals surface area contributed by atoms with Crippen molar-refractivity contribution in [2.75, 3.05) is 10.6 Å². The topological polar surface area (TPSA) is 58.2 Å². The van der Waals surface area contributed by atoms with Gasteiger partial charge in [0.05, 0.1) is 5.92 Å². The fourth-order valence-electron chi connectivity index (χ4n) is 2.53. The van der Waals surface area contributed by atoms with Crippen LogP contribution in [-0.4, -0.2) is 11.8 Å². The van der Waals surface area contributed by atoms with Crippen molar-refractivity contribution in [3.05, 3.63) is 59.4 Å². The largest absolute Gasteiger partial charge is 0.326 e. The molecule has 0 radical (unpaired) electrons. The lowest BCUT2D eigenvalue weighted by atomic mass is 9.89. The van der Waals surface area contributed by atoms with Crippen LogP contribution < -0.4 is 10.6 Å². The van der Waals surface area contributed by atoms with Gasteiger partial charge < -0.3 is 10.6 Å². The van der Waals surface area contributed by atoms with E-state index < -0.39 is 35.2 Å². The molecule has 1 heterocycles. The van der Waals surface area contributed by atoms with E-state index in [1.54, 1.807) is 0 Å². The Hall–Kier alpha value is -2.83. The Balaban J connectivity index is 1.89. The molecule has 0 saturated heterocycles. The lowest BCUT2D eigenvalue weighted by Gasteiger charge is -2.24. The highest BCUT2D eigenvalue weighted by atomic mass is 19.1. The zero-order chi connectivity index (χ0) is 16.6. The molecule has 0 unspecified atom stereocenters. The van der Waals surface area contributed by atoms with Crippen molar-refractivity contribution >= 4 is 23.2 Å². The van der Waals surface area contributed by atoms with Gasteiger partial charge >= 0.3 is 0 Å². The molecule has 1 aliphatic heterocycles. The number of fused-ring (bicyclic) bond motifs is 1. The maximum atomic E-state index is 13.3. The Labute approximate surface area is 129 Å². The lowest BCUT2D eigenvalue weighted by molar-refractivity contribution is -0.123. The molecular weight excluding hydrogens is 309 g/mol. The summed E-state index contributed by atoms with van der Waals surface area (Å²) < 4.78 is 39.6. The second-order valence-electron chi connectivity index (χ2n) is 5.18. The summed E-state index contributed by atoms with van der Waals surface area (Å²) in [6.07, 6.45) is -0.137. The maximum Gasteiger partial charge on any atom is 0.232 e. The van der Waals surface area contributed by atoms with Crippen molar-refractivity contribution in [2.24, 2.45) is 0 Å². The van der Waals surface area contributed by atoms with Crippen LogP contribution in [0.25, 0.3) is 0 Å². The zero-order valence-corrected chi connectivity index (χ0v) is 11.7. The summed E-state index contributed by atoms with van der Waals surface area (Å²) in [6.45, 7) is 0. The highest BCUT2D eigenvalue weighted by Crippen LogP contribution is 2.33. The molecule has 3 rings (SSSR count). The van der Waals surface area contributed by atoms with E-state index in [-0.39, 0.29) is 17.8 Å². The van der Waals surface area contributed by atoms with E-state index in [4.69, 9.17) is 0 Å². The summed E-state index contributed by atoms with van der Waals surface area (Å²) in [5.41, 5.74) is 0.606. The molecule has 2 amide bonds. The molecule has 4 nitrogen and oxygen atoms in total. The van der Waals surface area contributed by atoms with Gasteiger partial charge in [0.15, 0.2) is 0 Å². The number of anilines is 2. The van der Waals surface area contributed by atoms with Gasteiger partial charge in [-0.15, -0.1) is 0 Å². The van der Waals surface area contributed by atoms with Crippen LogP contribution >= 0.6 is 0 Å². The van der Waals surface area contributed by atoms with E-state index in [0.29, 0.717) is 11.6 Å². The molecule has 7 heteroatoms. The Kier molecular flexibility index (Phi) is 3.77. The molecule has 0 fully saturated rings. The first kappa shape index (κ1) is 15.1. The molecular formula is C16H11F3N2O2. The Morgan fingerprint density at radius 3 is 2.43 bits per heavy atom. The third-order valence-electron chi connectivity index (χ3n) is 3.50. The number of hydrogen-bond acceptors (Lipinski definition) is 2. The Morgan fingerprint density at radius 2 is 1.74 bits per heavy atom. The van der Waals surface area contributed by atoms with Crippen molar-refractivity contribution in [1.29, 1.82) is 0 Å². The van der Waals surface area contributed by atoms with Crippen LogP contribution in [0.1, 0.15) is 17.9 Å². The van der Waals surface area contributed by atoms with Gasteiger partial charge in [0, 0.05) is 23.9 Å². The zero-order valence-electron chi connectivity index (χ0n) is 11.7. The Bertz CT molecular complexity index is 788. The monoisotopic (exact) mass is 320 g/mol. The molecule has 0 spiro atoms. The van der Waals surface area contributed by atoms with E-state index in [2.05, 4.69) is 10.6 Å². The number of carbonyl (C=O) groups is 2. The summed E-state index contributed by atoms with van der Waals surface area (Å²) in [5, 5.41) is 4.87. The summed E-state index contributed by atoms with van der Waals surface area (Å²) in [5.74, 6) is -4.11. The van der Waals surface area contributed by atoms with E-state index >= 15 is 0 Å². The number of rotatable bonds is 2. The summed E-state index contributed by atoms with van der Waals surface area (Å²) in [7, 11) is 0. The predicted molar refractivity (Wildman–Crippen MR) is 77.4 cm³/mol. The number of benzene rings is 2. The average molecular weight is 320 g/mol. The molecule has 0 aliphatic carbocycles. The van der Waals surface area contributed by atoms with Crippen LogP contribution in [0.2, 0.25) is 0 Å². The molecule has 23 heavy (non-hydrogen) atoms. The smallest absolute Gasteiger partial charge is 0.232 e. The van der Waals surface area contributed by atoms with E-state index in [1.807, 2.05) is 0 Å². The summed E-state index contributed by atoms with van der Waals surface area (Å²) >= 11 is 0. The highest BCUT2D eigenvalue weighted by Gasteiger charge is 2.31. The van der Waals surface area contributed by atoms with E-state index in [1.165, 1.54) is 12.1 Å². The van der Waals surface area contributed by atoms with Crippen molar-refractivity contribution in [1.82, 2.24) is 0 Å². The molecule has 1 aliphatic rings. The molecule has 0 saturated carbocycles. The summed E-state index contributed by atoms with van der Waals surface area (Å²) in [4.78, 5) is 24.0. The van der Waals surface area contributed by atoms with Gasteiger partial charge in [0.25, 0.3) is 0 Å². The van der Waals surface area contributed by atoms with Gasteiger partial charge in [-0.05, 0) is 29.8 Å². The van der Waals surface area contributed by atoms with Crippen LogP contribution in [0.5, 0.6) is 0 Å².